The van der Waals surface area contributed by atoms with Gasteiger partial charge >= 0.3 is 12.4 Å². The minimum absolute atomic E-state index is 0.0165. The third-order valence-electron chi connectivity index (χ3n) is 6.13. The number of aromatic nitrogens is 3. The van der Waals surface area contributed by atoms with Gasteiger partial charge in [-0.15, -0.1) is 0 Å². The number of nitrogens with zero attached hydrogens (tertiary/aromatic N) is 4. The zero-order chi connectivity index (χ0) is 28.9. The van der Waals surface area contributed by atoms with E-state index in [2.05, 4.69) is 25.2 Å². The van der Waals surface area contributed by atoms with Crippen molar-refractivity contribution in [1.29, 1.82) is 0 Å². The van der Waals surface area contributed by atoms with Gasteiger partial charge in [0.1, 0.15) is 5.69 Å². The highest BCUT2D eigenvalue weighted by molar-refractivity contribution is 5.92. The van der Waals surface area contributed by atoms with Crippen LogP contribution in [-0.2, 0) is 18.9 Å². The van der Waals surface area contributed by atoms with Crippen LogP contribution in [-0.4, -0.2) is 44.7 Å². The first kappa shape index (κ1) is 29.2. The maximum absolute atomic E-state index is 13.7. The number of fused-ring (bicyclic) bond motifs is 1. The highest BCUT2D eigenvalue weighted by Crippen LogP contribution is 2.36. The summed E-state index contributed by atoms with van der Waals surface area (Å²) in [7, 11) is 0. The van der Waals surface area contributed by atoms with Gasteiger partial charge in [0.15, 0.2) is 5.65 Å². The number of hydrogen-bond acceptors (Lipinski definition) is 6. The lowest BCUT2D eigenvalue weighted by molar-refractivity contribution is -0.138. The Morgan fingerprint density at radius 2 is 1.65 bits per heavy atom. The summed E-state index contributed by atoms with van der Waals surface area (Å²) in [6.07, 6.45) is -6.47. The summed E-state index contributed by atoms with van der Waals surface area (Å²) in [5.74, 6) is 0. The van der Waals surface area contributed by atoms with Crippen LogP contribution in [0, 0.1) is 0 Å². The lowest BCUT2D eigenvalue weighted by atomic mass is 10.1. The zero-order valence-corrected chi connectivity index (χ0v) is 21.5. The summed E-state index contributed by atoms with van der Waals surface area (Å²) in [6, 6.07) is 11.3. The Kier molecular flexibility index (Phi) is 8.89. The molecule has 40 heavy (non-hydrogen) atoms. The summed E-state index contributed by atoms with van der Waals surface area (Å²) >= 11 is 0. The van der Waals surface area contributed by atoms with E-state index >= 15 is 0 Å². The number of aliphatic hydroxyl groups excluding tert-OH is 1. The standard InChI is InChI=1S/C28H27F6N5O/c1-2-13-39(14-4-15-40)17-20-16-24(36-19-8-6-18(7-9-19)27(29,30)31)21-10-11-23(38-26(21)37-20)25-22(28(32,33)34)5-3-12-35-25/h3,5-12,16,40H,2,4,13-15,17H2,1H3,(H,36,37,38). The molecule has 4 rings (SSSR count). The van der Waals surface area contributed by atoms with Gasteiger partial charge in [-0.1, -0.05) is 6.92 Å². The normalized spacial score (nSPS) is 12.3. The SMILES string of the molecule is CCCN(CCCO)Cc1cc(Nc2ccc(C(F)(F)F)cc2)c2ccc(-c3ncccc3C(F)(F)F)nc2n1. The Hall–Kier alpha value is -3.77. The van der Waals surface area contributed by atoms with E-state index in [0.717, 1.165) is 31.2 Å². The molecular formula is C28H27F6N5O. The van der Waals surface area contributed by atoms with E-state index in [9.17, 15) is 31.4 Å². The number of anilines is 2. The van der Waals surface area contributed by atoms with E-state index in [1.807, 2.05) is 6.92 Å². The number of alkyl halides is 6. The third kappa shape index (κ3) is 7.05. The molecule has 212 valence electrons. The van der Waals surface area contributed by atoms with E-state index in [4.69, 9.17) is 0 Å². The lowest BCUT2D eigenvalue weighted by Gasteiger charge is -2.22. The van der Waals surface area contributed by atoms with Gasteiger partial charge in [-0.2, -0.15) is 26.3 Å². The number of aliphatic hydroxyl groups is 1. The Morgan fingerprint density at radius 1 is 0.900 bits per heavy atom. The fraction of sp³-hybridized carbons (Fsp3) is 0.321. The second-order valence-electron chi connectivity index (χ2n) is 9.18. The molecule has 0 aliphatic heterocycles. The molecule has 0 atom stereocenters. The van der Waals surface area contributed by atoms with Crippen molar-refractivity contribution < 1.29 is 31.4 Å². The van der Waals surface area contributed by atoms with Crippen molar-refractivity contribution in [2.75, 3.05) is 25.0 Å². The van der Waals surface area contributed by atoms with Gasteiger partial charge < -0.3 is 10.4 Å². The van der Waals surface area contributed by atoms with E-state index in [0.29, 0.717) is 42.0 Å². The van der Waals surface area contributed by atoms with Gasteiger partial charge in [0, 0.05) is 37.0 Å². The minimum atomic E-state index is -4.64. The van der Waals surface area contributed by atoms with Crippen LogP contribution in [0.25, 0.3) is 22.4 Å². The first-order valence-electron chi connectivity index (χ1n) is 12.6. The van der Waals surface area contributed by atoms with E-state index in [1.54, 1.807) is 12.1 Å². The molecule has 2 N–H and O–H groups in total. The van der Waals surface area contributed by atoms with Gasteiger partial charge in [-0.05, 0) is 74.0 Å². The van der Waals surface area contributed by atoms with Gasteiger partial charge in [-0.25, -0.2) is 9.97 Å². The number of hydrogen-bond donors (Lipinski definition) is 2. The molecule has 0 aliphatic carbocycles. The molecule has 12 heteroatoms. The Morgan fingerprint density at radius 3 is 2.30 bits per heavy atom. The molecule has 0 spiro atoms. The molecule has 3 heterocycles. The van der Waals surface area contributed by atoms with Crippen molar-refractivity contribution in [2.24, 2.45) is 0 Å². The van der Waals surface area contributed by atoms with Crippen molar-refractivity contribution in [3.05, 3.63) is 77.6 Å². The van der Waals surface area contributed by atoms with Crippen LogP contribution < -0.4 is 5.32 Å². The lowest BCUT2D eigenvalue weighted by Crippen LogP contribution is -2.26. The van der Waals surface area contributed by atoms with Crippen LogP contribution in [0.4, 0.5) is 37.7 Å². The van der Waals surface area contributed by atoms with E-state index < -0.39 is 23.5 Å². The highest BCUT2D eigenvalue weighted by atomic mass is 19.4. The van der Waals surface area contributed by atoms with Crippen LogP contribution >= 0.6 is 0 Å². The van der Waals surface area contributed by atoms with Crippen LogP contribution in [0.3, 0.4) is 0 Å². The summed E-state index contributed by atoms with van der Waals surface area (Å²) in [5.41, 5.74) is -0.511. The second-order valence-corrected chi connectivity index (χ2v) is 9.18. The van der Waals surface area contributed by atoms with Gasteiger partial charge in [0.25, 0.3) is 0 Å². The van der Waals surface area contributed by atoms with Crippen molar-refractivity contribution in [1.82, 2.24) is 19.9 Å². The number of pyridine rings is 3. The van der Waals surface area contributed by atoms with Crippen molar-refractivity contribution in [3.63, 3.8) is 0 Å². The molecular weight excluding hydrogens is 536 g/mol. The van der Waals surface area contributed by atoms with Crippen molar-refractivity contribution in [2.45, 2.75) is 38.7 Å². The number of halogens is 6. The van der Waals surface area contributed by atoms with Crippen LogP contribution in [0.5, 0.6) is 0 Å². The summed E-state index contributed by atoms with van der Waals surface area (Å²) in [5, 5.41) is 12.8. The second kappa shape index (κ2) is 12.2. The minimum Gasteiger partial charge on any atom is -0.396 e. The van der Waals surface area contributed by atoms with Crippen molar-refractivity contribution >= 4 is 22.4 Å². The molecule has 6 nitrogen and oxygen atoms in total. The molecule has 0 saturated heterocycles. The quantitative estimate of drug-likeness (QED) is 0.201. The summed E-state index contributed by atoms with van der Waals surface area (Å²) in [4.78, 5) is 15.0. The predicted octanol–water partition coefficient (Wildman–Crippen LogP) is 7.07. The summed E-state index contributed by atoms with van der Waals surface area (Å²) < 4.78 is 80.0. The molecule has 0 unspecified atom stereocenters. The van der Waals surface area contributed by atoms with Gasteiger partial charge in [0.05, 0.1) is 28.2 Å². The molecule has 3 aromatic heterocycles. The Labute approximate surface area is 226 Å². The Balaban J connectivity index is 1.79. The smallest absolute Gasteiger partial charge is 0.396 e. The molecule has 0 amide bonds. The number of benzene rings is 1. The Bertz CT molecular complexity index is 1440. The van der Waals surface area contributed by atoms with Crippen LogP contribution in [0.2, 0.25) is 0 Å². The van der Waals surface area contributed by atoms with Crippen molar-refractivity contribution in [3.8, 4) is 11.4 Å². The molecule has 0 saturated carbocycles. The molecule has 0 radical (unpaired) electrons. The average molecular weight is 564 g/mol. The third-order valence-corrected chi connectivity index (χ3v) is 6.13. The first-order chi connectivity index (χ1) is 19.0. The monoisotopic (exact) mass is 563 g/mol. The van der Waals surface area contributed by atoms with Gasteiger partial charge in [0.2, 0.25) is 0 Å². The number of nitrogens with one attached hydrogen (secondary N) is 1. The molecule has 4 aromatic rings. The van der Waals surface area contributed by atoms with E-state index in [-0.39, 0.29) is 23.6 Å². The number of rotatable bonds is 10. The fourth-order valence-corrected chi connectivity index (χ4v) is 4.32. The highest BCUT2D eigenvalue weighted by Gasteiger charge is 2.35. The average Bonchev–Trinajstić information content (AvgIpc) is 2.91. The molecule has 1 aromatic carbocycles. The largest absolute Gasteiger partial charge is 0.418 e. The molecule has 0 fully saturated rings. The topological polar surface area (TPSA) is 74.2 Å². The van der Waals surface area contributed by atoms with Crippen LogP contribution in [0.15, 0.2) is 60.8 Å². The molecule has 0 bridgehead atoms. The zero-order valence-electron chi connectivity index (χ0n) is 21.5. The molecule has 0 aliphatic rings. The fourth-order valence-electron chi connectivity index (χ4n) is 4.32. The first-order valence-corrected chi connectivity index (χ1v) is 12.6. The van der Waals surface area contributed by atoms with Crippen LogP contribution in [0.1, 0.15) is 36.6 Å². The van der Waals surface area contributed by atoms with Gasteiger partial charge in [-0.3, -0.25) is 9.88 Å². The maximum Gasteiger partial charge on any atom is 0.418 e. The summed E-state index contributed by atoms with van der Waals surface area (Å²) in [6.45, 7) is 3.72. The predicted molar refractivity (Wildman–Crippen MR) is 140 cm³/mol. The maximum atomic E-state index is 13.7. The van der Waals surface area contributed by atoms with E-state index in [1.165, 1.54) is 30.5 Å².